The topological polar surface area (TPSA) is 68.5 Å². The van der Waals surface area contributed by atoms with Gasteiger partial charge in [0, 0.05) is 11.3 Å². The van der Waals surface area contributed by atoms with Gasteiger partial charge in [-0.2, -0.15) is 0 Å². The van der Waals surface area contributed by atoms with Gasteiger partial charge in [0.2, 0.25) is 0 Å². The molecule has 0 radical (unpaired) electrons. The fourth-order valence-corrected chi connectivity index (χ4v) is 2.62. The Hall–Kier alpha value is -3.34. The molecule has 1 heterocycles. The lowest BCUT2D eigenvalue weighted by Gasteiger charge is -2.06. The van der Waals surface area contributed by atoms with Crippen LogP contribution < -0.4 is 5.32 Å². The summed E-state index contributed by atoms with van der Waals surface area (Å²) in [6.07, 6.45) is 0.773. The summed E-state index contributed by atoms with van der Waals surface area (Å²) >= 11 is 0. The lowest BCUT2D eigenvalue weighted by atomic mass is 10.1. The largest absolute Gasteiger partial charge is 0.462 e. The van der Waals surface area contributed by atoms with Gasteiger partial charge in [0.15, 0.2) is 0 Å². The lowest BCUT2D eigenvalue weighted by Crippen LogP contribution is -2.12. The van der Waals surface area contributed by atoms with E-state index < -0.39 is 0 Å². The molecule has 0 bridgehead atoms. The summed E-state index contributed by atoms with van der Waals surface area (Å²) < 4.78 is 10.8. The van der Waals surface area contributed by atoms with Crippen LogP contribution >= 0.6 is 0 Å². The van der Waals surface area contributed by atoms with Crippen molar-refractivity contribution in [1.82, 2.24) is 0 Å². The van der Waals surface area contributed by atoms with E-state index in [1.807, 2.05) is 37.3 Å². The molecule has 1 amide bonds. The molecule has 27 heavy (non-hydrogen) atoms. The Balaban J connectivity index is 1.70. The Morgan fingerprint density at radius 3 is 2.41 bits per heavy atom. The minimum absolute atomic E-state index is 0.264. The molecule has 2 aromatic carbocycles. The van der Waals surface area contributed by atoms with Crippen molar-refractivity contribution in [3.05, 3.63) is 77.6 Å². The third kappa shape index (κ3) is 4.44. The Morgan fingerprint density at radius 2 is 1.74 bits per heavy atom. The first-order chi connectivity index (χ1) is 13.1. The van der Waals surface area contributed by atoms with E-state index >= 15 is 0 Å². The van der Waals surface area contributed by atoms with Crippen LogP contribution in [0.1, 0.15) is 39.8 Å². The number of hydrogen-bond acceptors (Lipinski definition) is 4. The maximum absolute atomic E-state index is 12.6. The van der Waals surface area contributed by atoms with Crippen molar-refractivity contribution >= 4 is 17.6 Å². The molecule has 1 N–H and O–H groups in total. The number of amides is 1. The first kappa shape index (κ1) is 18.5. The van der Waals surface area contributed by atoms with Crippen LogP contribution in [0.15, 0.2) is 65.1 Å². The average Bonchev–Trinajstić information content (AvgIpc) is 3.09. The van der Waals surface area contributed by atoms with Gasteiger partial charge in [-0.1, -0.05) is 37.3 Å². The zero-order valence-corrected chi connectivity index (χ0v) is 15.3. The minimum atomic E-state index is -0.368. The van der Waals surface area contributed by atoms with E-state index in [2.05, 4.69) is 5.32 Å². The molecule has 0 unspecified atom stereocenters. The summed E-state index contributed by atoms with van der Waals surface area (Å²) in [4.78, 5) is 24.4. The van der Waals surface area contributed by atoms with Gasteiger partial charge in [-0.05, 0) is 43.7 Å². The molecule has 0 aliphatic carbocycles. The quantitative estimate of drug-likeness (QED) is 0.621. The number of carbonyl (C=O) groups excluding carboxylic acids is 2. The molecule has 5 heteroatoms. The number of esters is 1. The molecule has 0 aliphatic rings. The number of nitrogens with one attached hydrogen (secondary N) is 1. The van der Waals surface area contributed by atoms with Crippen molar-refractivity contribution in [2.45, 2.75) is 20.3 Å². The van der Waals surface area contributed by atoms with E-state index in [-0.39, 0.29) is 11.9 Å². The molecule has 5 nitrogen and oxygen atoms in total. The molecule has 0 atom stereocenters. The third-order valence-electron chi connectivity index (χ3n) is 4.04. The highest BCUT2D eigenvalue weighted by molar-refractivity contribution is 6.05. The zero-order valence-electron chi connectivity index (χ0n) is 15.3. The fourth-order valence-electron chi connectivity index (χ4n) is 2.62. The van der Waals surface area contributed by atoms with Crippen molar-refractivity contribution in [2.75, 3.05) is 11.9 Å². The summed E-state index contributed by atoms with van der Waals surface area (Å²) in [6, 6.07) is 18.0. The highest BCUT2D eigenvalue weighted by atomic mass is 16.5. The van der Waals surface area contributed by atoms with Crippen molar-refractivity contribution in [1.29, 1.82) is 0 Å². The molecule has 3 aromatic rings. The van der Waals surface area contributed by atoms with Crippen LogP contribution in [-0.4, -0.2) is 18.5 Å². The van der Waals surface area contributed by atoms with Crippen LogP contribution in [0, 0.1) is 6.92 Å². The zero-order chi connectivity index (χ0) is 19.2. The van der Waals surface area contributed by atoms with Crippen LogP contribution in [0.4, 0.5) is 5.69 Å². The number of anilines is 1. The average molecular weight is 363 g/mol. The Kier molecular flexibility index (Phi) is 5.71. The molecular formula is C22H21NO4. The summed E-state index contributed by atoms with van der Waals surface area (Å²) in [5.74, 6) is 0.561. The number of aryl methyl sites for hydroxylation is 1. The van der Waals surface area contributed by atoms with Gasteiger partial charge < -0.3 is 14.5 Å². The van der Waals surface area contributed by atoms with Gasteiger partial charge >= 0.3 is 5.97 Å². The monoisotopic (exact) mass is 363 g/mol. The maximum atomic E-state index is 12.6. The van der Waals surface area contributed by atoms with E-state index in [1.165, 1.54) is 0 Å². The van der Waals surface area contributed by atoms with Gasteiger partial charge in [0.05, 0.1) is 17.7 Å². The first-order valence-electron chi connectivity index (χ1n) is 8.83. The summed E-state index contributed by atoms with van der Waals surface area (Å²) in [5.41, 5.74) is 2.43. The number of hydrogen-bond donors (Lipinski definition) is 1. The van der Waals surface area contributed by atoms with Crippen LogP contribution in [-0.2, 0) is 4.74 Å². The van der Waals surface area contributed by atoms with Crippen LogP contribution in [0.25, 0.3) is 11.3 Å². The Labute approximate surface area is 158 Å². The Bertz CT molecular complexity index is 927. The van der Waals surface area contributed by atoms with E-state index in [9.17, 15) is 9.59 Å². The number of benzene rings is 2. The number of rotatable bonds is 6. The molecule has 138 valence electrons. The molecule has 0 spiro atoms. The molecule has 1 aromatic heterocycles. The van der Waals surface area contributed by atoms with Gasteiger partial charge in [-0.15, -0.1) is 0 Å². The third-order valence-corrected chi connectivity index (χ3v) is 4.04. The van der Waals surface area contributed by atoms with Gasteiger partial charge in [0.1, 0.15) is 11.5 Å². The van der Waals surface area contributed by atoms with Gasteiger partial charge in [0.25, 0.3) is 5.91 Å². The minimum Gasteiger partial charge on any atom is -0.462 e. The lowest BCUT2D eigenvalue weighted by molar-refractivity contribution is 0.0505. The molecule has 0 saturated heterocycles. The van der Waals surface area contributed by atoms with E-state index in [4.69, 9.17) is 9.15 Å². The van der Waals surface area contributed by atoms with Crippen molar-refractivity contribution in [2.24, 2.45) is 0 Å². The second-order valence-corrected chi connectivity index (χ2v) is 6.11. The molecule has 0 aliphatic heterocycles. The van der Waals surface area contributed by atoms with Gasteiger partial charge in [-0.3, -0.25) is 4.79 Å². The van der Waals surface area contributed by atoms with Crippen LogP contribution in [0.5, 0.6) is 0 Å². The van der Waals surface area contributed by atoms with Gasteiger partial charge in [-0.25, -0.2) is 4.79 Å². The van der Waals surface area contributed by atoms with E-state index in [1.54, 1.807) is 37.3 Å². The standard InChI is InChI=1S/C22H21NO4/c1-3-13-26-22(25)17-9-11-18(12-10-17)23-21(24)19-14-20(27-15(19)2)16-7-5-4-6-8-16/h4-12,14H,3,13H2,1-2H3,(H,23,24). The number of carbonyl (C=O) groups is 2. The predicted molar refractivity (Wildman–Crippen MR) is 104 cm³/mol. The normalized spacial score (nSPS) is 10.4. The molecule has 0 fully saturated rings. The maximum Gasteiger partial charge on any atom is 0.338 e. The summed E-state index contributed by atoms with van der Waals surface area (Å²) in [5, 5.41) is 2.82. The first-order valence-corrected chi connectivity index (χ1v) is 8.83. The Morgan fingerprint density at radius 1 is 1.04 bits per heavy atom. The number of furan rings is 1. The molecule has 0 saturated carbocycles. The summed E-state index contributed by atoms with van der Waals surface area (Å²) in [7, 11) is 0. The fraction of sp³-hybridized carbons (Fsp3) is 0.182. The molecular weight excluding hydrogens is 342 g/mol. The smallest absolute Gasteiger partial charge is 0.338 e. The SMILES string of the molecule is CCCOC(=O)c1ccc(NC(=O)c2cc(-c3ccccc3)oc2C)cc1. The molecule has 3 rings (SSSR count). The highest BCUT2D eigenvalue weighted by Gasteiger charge is 2.16. The van der Waals surface area contributed by atoms with Crippen molar-refractivity contribution in [3.8, 4) is 11.3 Å². The van der Waals surface area contributed by atoms with Crippen molar-refractivity contribution < 1.29 is 18.7 Å². The van der Waals surface area contributed by atoms with Crippen molar-refractivity contribution in [3.63, 3.8) is 0 Å². The number of ether oxygens (including phenoxy) is 1. The van der Waals surface area contributed by atoms with Crippen LogP contribution in [0.3, 0.4) is 0 Å². The highest BCUT2D eigenvalue weighted by Crippen LogP contribution is 2.26. The second kappa shape index (κ2) is 8.36. The predicted octanol–water partition coefficient (Wildman–Crippen LogP) is 5.07. The summed E-state index contributed by atoms with van der Waals surface area (Å²) in [6.45, 7) is 4.09. The van der Waals surface area contributed by atoms with Crippen LogP contribution in [0.2, 0.25) is 0 Å². The second-order valence-electron chi connectivity index (χ2n) is 6.11. The van der Waals surface area contributed by atoms with E-state index in [0.717, 1.165) is 12.0 Å². The van der Waals surface area contributed by atoms with E-state index in [0.29, 0.717) is 34.9 Å².